The third kappa shape index (κ3) is 3.99. The first-order chi connectivity index (χ1) is 12.8. The normalized spacial score (nSPS) is 20.6. The molecule has 0 radical (unpaired) electrons. The van der Waals surface area contributed by atoms with Crippen LogP contribution >= 0.6 is 0 Å². The SMILES string of the molecule is CC(C)(C)[Si](OCC1OCC(C(=O)O)O1)(c1ccccc1)c1ccccc1. The standard InChI is InChI=1S/C21H26O5Si/c1-21(2,3)27(16-10-6-4-7-11-16,17-12-8-5-9-13-17)25-15-19-24-14-18(26-19)20(22)23/h4-13,18-19H,14-15H2,1-3H3,(H,22,23). The maximum Gasteiger partial charge on any atom is 0.335 e. The molecule has 2 atom stereocenters. The number of rotatable bonds is 6. The van der Waals surface area contributed by atoms with E-state index in [0.29, 0.717) is 0 Å². The number of carboxylic acids is 1. The third-order valence-corrected chi connectivity index (χ3v) is 9.88. The minimum Gasteiger partial charge on any atom is -0.479 e. The summed E-state index contributed by atoms with van der Waals surface area (Å²) >= 11 is 0. The van der Waals surface area contributed by atoms with E-state index in [9.17, 15) is 4.79 Å². The average Bonchev–Trinajstić information content (AvgIpc) is 3.12. The zero-order chi connectivity index (χ0) is 19.5. The van der Waals surface area contributed by atoms with E-state index in [0.717, 1.165) is 10.4 Å². The van der Waals surface area contributed by atoms with Crippen molar-refractivity contribution >= 4 is 24.7 Å². The van der Waals surface area contributed by atoms with Gasteiger partial charge in [0.2, 0.25) is 0 Å². The van der Waals surface area contributed by atoms with Gasteiger partial charge < -0.3 is 19.0 Å². The summed E-state index contributed by atoms with van der Waals surface area (Å²) in [5.74, 6) is -1.01. The Balaban J connectivity index is 1.96. The Labute approximate surface area is 161 Å². The molecule has 1 fully saturated rings. The largest absolute Gasteiger partial charge is 0.479 e. The van der Waals surface area contributed by atoms with Crippen LogP contribution in [0.4, 0.5) is 0 Å². The molecule has 0 spiro atoms. The number of carbonyl (C=O) groups is 1. The van der Waals surface area contributed by atoms with E-state index in [-0.39, 0.29) is 18.3 Å². The molecule has 6 heteroatoms. The molecule has 0 aromatic heterocycles. The van der Waals surface area contributed by atoms with Crippen molar-refractivity contribution in [1.29, 1.82) is 0 Å². The first kappa shape index (κ1) is 19.8. The molecular weight excluding hydrogens is 360 g/mol. The molecule has 1 heterocycles. The van der Waals surface area contributed by atoms with Gasteiger partial charge in [-0.2, -0.15) is 0 Å². The van der Waals surface area contributed by atoms with Crippen molar-refractivity contribution in [3.05, 3.63) is 60.7 Å². The Morgan fingerprint density at radius 2 is 1.59 bits per heavy atom. The summed E-state index contributed by atoms with van der Waals surface area (Å²) in [7, 11) is -2.67. The van der Waals surface area contributed by atoms with Crippen LogP contribution in [0.3, 0.4) is 0 Å². The number of hydrogen-bond acceptors (Lipinski definition) is 4. The summed E-state index contributed by atoms with van der Waals surface area (Å²) in [4.78, 5) is 11.1. The zero-order valence-corrected chi connectivity index (χ0v) is 16.9. The molecule has 0 amide bonds. The highest BCUT2D eigenvalue weighted by Gasteiger charge is 2.50. The second-order valence-corrected chi connectivity index (χ2v) is 12.0. The lowest BCUT2D eigenvalue weighted by Crippen LogP contribution is -2.67. The summed E-state index contributed by atoms with van der Waals surface area (Å²) in [6.07, 6.45) is -1.61. The maximum absolute atomic E-state index is 11.1. The van der Waals surface area contributed by atoms with Gasteiger partial charge in [0, 0.05) is 0 Å². The van der Waals surface area contributed by atoms with Crippen molar-refractivity contribution in [2.75, 3.05) is 13.2 Å². The van der Waals surface area contributed by atoms with Crippen LogP contribution in [0, 0.1) is 0 Å². The highest BCUT2D eigenvalue weighted by atomic mass is 28.4. The van der Waals surface area contributed by atoms with Crippen molar-refractivity contribution < 1.29 is 23.8 Å². The highest BCUT2D eigenvalue weighted by molar-refractivity contribution is 6.99. The van der Waals surface area contributed by atoms with E-state index in [1.165, 1.54) is 0 Å². The molecule has 2 aromatic carbocycles. The first-order valence-electron chi connectivity index (χ1n) is 9.09. The monoisotopic (exact) mass is 386 g/mol. The molecule has 27 heavy (non-hydrogen) atoms. The smallest absolute Gasteiger partial charge is 0.335 e. The molecule has 2 unspecified atom stereocenters. The molecule has 0 bridgehead atoms. The van der Waals surface area contributed by atoms with Gasteiger partial charge in [0.15, 0.2) is 12.4 Å². The Morgan fingerprint density at radius 3 is 2.00 bits per heavy atom. The van der Waals surface area contributed by atoms with Crippen LogP contribution in [0.25, 0.3) is 0 Å². The molecule has 1 aliphatic rings. The zero-order valence-electron chi connectivity index (χ0n) is 15.9. The van der Waals surface area contributed by atoms with Gasteiger partial charge in [-0.05, 0) is 15.4 Å². The van der Waals surface area contributed by atoms with Crippen molar-refractivity contribution in [3.63, 3.8) is 0 Å². The average molecular weight is 387 g/mol. The first-order valence-corrected chi connectivity index (χ1v) is 11.0. The number of ether oxygens (including phenoxy) is 2. The van der Waals surface area contributed by atoms with Gasteiger partial charge in [-0.1, -0.05) is 81.4 Å². The van der Waals surface area contributed by atoms with Gasteiger partial charge in [-0.25, -0.2) is 4.79 Å². The summed E-state index contributed by atoms with van der Waals surface area (Å²) < 4.78 is 17.7. The number of hydrogen-bond donors (Lipinski definition) is 1. The van der Waals surface area contributed by atoms with E-state index in [2.05, 4.69) is 45.0 Å². The molecule has 1 N–H and O–H groups in total. The van der Waals surface area contributed by atoms with E-state index < -0.39 is 26.7 Å². The topological polar surface area (TPSA) is 65.0 Å². The molecule has 144 valence electrons. The van der Waals surface area contributed by atoms with Gasteiger partial charge in [0.25, 0.3) is 8.32 Å². The van der Waals surface area contributed by atoms with Gasteiger partial charge in [-0.15, -0.1) is 0 Å². The van der Waals surface area contributed by atoms with Crippen LogP contribution in [0.2, 0.25) is 5.04 Å². The molecule has 0 saturated carbocycles. The summed E-state index contributed by atoms with van der Waals surface area (Å²) in [5, 5.41) is 11.3. The number of benzene rings is 2. The quantitative estimate of drug-likeness (QED) is 0.773. The predicted octanol–water partition coefficient (Wildman–Crippen LogP) is 2.39. The highest BCUT2D eigenvalue weighted by Crippen LogP contribution is 2.37. The molecule has 2 aromatic rings. The summed E-state index contributed by atoms with van der Waals surface area (Å²) in [5.41, 5.74) is 0. The lowest BCUT2D eigenvalue weighted by molar-refractivity contribution is -0.152. The van der Waals surface area contributed by atoms with Gasteiger partial charge in [0.1, 0.15) is 0 Å². The van der Waals surface area contributed by atoms with Crippen molar-refractivity contribution in [3.8, 4) is 0 Å². The minimum absolute atomic E-state index is 0.0457. The molecule has 1 saturated heterocycles. The summed E-state index contributed by atoms with van der Waals surface area (Å²) in [6, 6.07) is 20.5. The lowest BCUT2D eigenvalue weighted by atomic mass is 10.2. The molecule has 0 aliphatic carbocycles. The van der Waals surface area contributed by atoms with Crippen LogP contribution in [-0.2, 0) is 18.7 Å². The Bertz CT molecular complexity index is 718. The predicted molar refractivity (Wildman–Crippen MR) is 106 cm³/mol. The van der Waals surface area contributed by atoms with Gasteiger partial charge in [-0.3, -0.25) is 0 Å². The maximum atomic E-state index is 11.1. The van der Waals surface area contributed by atoms with E-state index >= 15 is 0 Å². The van der Waals surface area contributed by atoms with Crippen LogP contribution in [0.5, 0.6) is 0 Å². The van der Waals surface area contributed by atoms with Gasteiger partial charge in [0.05, 0.1) is 13.2 Å². The fourth-order valence-electron chi connectivity index (χ4n) is 3.63. The lowest BCUT2D eigenvalue weighted by Gasteiger charge is -2.43. The number of carboxylic acid groups (broad SMARTS) is 1. The minimum atomic E-state index is -2.67. The summed E-state index contributed by atoms with van der Waals surface area (Å²) in [6.45, 7) is 6.81. The van der Waals surface area contributed by atoms with Crippen LogP contribution in [0.1, 0.15) is 20.8 Å². The van der Waals surface area contributed by atoms with Crippen molar-refractivity contribution in [1.82, 2.24) is 0 Å². The third-order valence-electron chi connectivity index (χ3n) is 4.88. The molecule has 3 rings (SSSR count). The molecular formula is C21H26O5Si. The van der Waals surface area contributed by atoms with E-state index in [1.807, 2.05) is 36.4 Å². The van der Waals surface area contributed by atoms with E-state index in [1.54, 1.807) is 0 Å². The Hall–Kier alpha value is -1.99. The van der Waals surface area contributed by atoms with Crippen molar-refractivity contribution in [2.45, 2.75) is 38.2 Å². The fourth-order valence-corrected chi connectivity index (χ4v) is 8.17. The van der Waals surface area contributed by atoms with Crippen LogP contribution in [-0.4, -0.2) is 45.0 Å². The van der Waals surface area contributed by atoms with Crippen molar-refractivity contribution in [2.24, 2.45) is 0 Å². The van der Waals surface area contributed by atoms with Crippen LogP contribution < -0.4 is 10.4 Å². The second-order valence-electron chi connectivity index (χ2n) is 7.70. The Morgan fingerprint density at radius 1 is 1.07 bits per heavy atom. The van der Waals surface area contributed by atoms with Crippen LogP contribution in [0.15, 0.2) is 60.7 Å². The molecule has 5 nitrogen and oxygen atoms in total. The second kappa shape index (κ2) is 7.94. The van der Waals surface area contributed by atoms with E-state index in [4.69, 9.17) is 19.0 Å². The van der Waals surface area contributed by atoms with Gasteiger partial charge >= 0.3 is 5.97 Å². The number of aliphatic carboxylic acids is 1. The molecule has 1 aliphatic heterocycles. The fraction of sp³-hybridized carbons (Fsp3) is 0.381. The Kier molecular flexibility index (Phi) is 5.81.